The molecule has 0 unspecified atom stereocenters. The first-order valence-electron chi connectivity index (χ1n) is 10.3. The van der Waals surface area contributed by atoms with Crippen LogP contribution in [0.25, 0.3) is 5.57 Å². The highest BCUT2D eigenvalue weighted by Crippen LogP contribution is 2.41. The van der Waals surface area contributed by atoms with Gasteiger partial charge in [0.2, 0.25) is 0 Å². The summed E-state index contributed by atoms with van der Waals surface area (Å²) >= 11 is 0. The molecule has 0 radical (unpaired) electrons. The first kappa shape index (κ1) is 20.8. The lowest BCUT2D eigenvalue weighted by molar-refractivity contribution is -0.120. The first-order valence-corrected chi connectivity index (χ1v) is 10.3. The van der Waals surface area contributed by atoms with Crippen molar-refractivity contribution in [3.05, 3.63) is 53.7 Å². The van der Waals surface area contributed by atoms with Crippen LogP contribution < -0.4 is 19.1 Å². The van der Waals surface area contributed by atoms with Gasteiger partial charge in [0.25, 0.3) is 11.8 Å². The number of hydrogen-bond donors (Lipinski definition) is 0. The molecule has 2 aromatic carbocycles. The lowest BCUT2D eigenvalue weighted by atomic mass is 10.0. The molecule has 2 aliphatic rings. The summed E-state index contributed by atoms with van der Waals surface area (Å²) in [4.78, 5) is 30.6. The Morgan fingerprint density at radius 2 is 1.39 bits per heavy atom. The highest BCUT2D eigenvalue weighted by Gasteiger charge is 2.43. The molecule has 0 saturated carbocycles. The van der Waals surface area contributed by atoms with Crippen LogP contribution in [0.3, 0.4) is 0 Å². The first-order chi connectivity index (χ1) is 15.1. The number of ether oxygens (including phenoxy) is 3. The fourth-order valence-corrected chi connectivity index (χ4v) is 4.14. The molecule has 0 aromatic heterocycles. The molecule has 2 aromatic rings. The SMILES string of the molecule is COc1ccc(C2=C(N3CCCCC3)C(=O)N(c3cc(OC)ccc3OC)C2=O)cc1. The van der Waals surface area contributed by atoms with E-state index in [-0.39, 0.29) is 11.8 Å². The second-order valence-electron chi connectivity index (χ2n) is 7.48. The number of hydrogen-bond acceptors (Lipinski definition) is 6. The molecule has 0 atom stereocenters. The molecule has 2 aliphatic heterocycles. The molecular weight excluding hydrogens is 396 g/mol. The van der Waals surface area contributed by atoms with Crippen LogP contribution >= 0.6 is 0 Å². The normalized spacial score (nSPS) is 16.7. The van der Waals surface area contributed by atoms with Crippen molar-refractivity contribution in [2.45, 2.75) is 19.3 Å². The summed E-state index contributed by atoms with van der Waals surface area (Å²) < 4.78 is 16.0. The van der Waals surface area contributed by atoms with Gasteiger partial charge in [-0.05, 0) is 49.1 Å². The molecule has 0 spiro atoms. The Balaban J connectivity index is 1.84. The number of benzene rings is 2. The van der Waals surface area contributed by atoms with Gasteiger partial charge in [-0.2, -0.15) is 0 Å². The van der Waals surface area contributed by atoms with E-state index in [9.17, 15) is 9.59 Å². The van der Waals surface area contributed by atoms with Crippen molar-refractivity contribution < 1.29 is 23.8 Å². The fraction of sp³-hybridized carbons (Fsp3) is 0.333. The Labute approximate surface area is 181 Å². The highest BCUT2D eigenvalue weighted by molar-refractivity contribution is 6.45. The molecule has 1 fully saturated rings. The average Bonchev–Trinajstić information content (AvgIpc) is 3.08. The second kappa shape index (κ2) is 8.71. The van der Waals surface area contributed by atoms with E-state index in [0.717, 1.165) is 32.4 Å². The van der Waals surface area contributed by atoms with E-state index < -0.39 is 0 Å². The number of anilines is 1. The number of likely N-dealkylation sites (tertiary alicyclic amines) is 1. The van der Waals surface area contributed by atoms with Crippen molar-refractivity contribution in [1.82, 2.24) is 4.90 Å². The Bertz CT molecular complexity index is 1020. The predicted molar refractivity (Wildman–Crippen MR) is 117 cm³/mol. The molecule has 0 aliphatic carbocycles. The Hall–Kier alpha value is -3.48. The van der Waals surface area contributed by atoms with Gasteiger partial charge in [0.05, 0.1) is 32.6 Å². The molecule has 1 saturated heterocycles. The van der Waals surface area contributed by atoms with E-state index in [1.165, 1.54) is 12.0 Å². The van der Waals surface area contributed by atoms with Crippen molar-refractivity contribution >= 4 is 23.1 Å². The highest BCUT2D eigenvalue weighted by atomic mass is 16.5. The molecule has 0 N–H and O–H groups in total. The van der Waals surface area contributed by atoms with Crippen LogP contribution in [-0.2, 0) is 9.59 Å². The molecule has 4 rings (SSSR count). The molecule has 7 nitrogen and oxygen atoms in total. The summed E-state index contributed by atoms with van der Waals surface area (Å²) in [5, 5.41) is 0. The number of methoxy groups -OCH3 is 3. The minimum atomic E-state index is -0.373. The third-order valence-corrected chi connectivity index (χ3v) is 5.74. The summed E-state index contributed by atoms with van der Waals surface area (Å²) in [6.07, 6.45) is 3.10. The van der Waals surface area contributed by atoms with Crippen LogP contribution in [0.4, 0.5) is 5.69 Å². The predicted octanol–water partition coefficient (Wildman–Crippen LogP) is 3.48. The number of piperidine rings is 1. The third kappa shape index (κ3) is 3.71. The van der Waals surface area contributed by atoms with Crippen LogP contribution in [0, 0.1) is 0 Å². The number of imide groups is 1. The maximum absolute atomic E-state index is 13.7. The van der Waals surface area contributed by atoms with Crippen molar-refractivity contribution in [3.63, 3.8) is 0 Å². The topological polar surface area (TPSA) is 68.3 Å². The minimum absolute atomic E-state index is 0.343. The Morgan fingerprint density at radius 1 is 0.742 bits per heavy atom. The average molecular weight is 422 g/mol. The number of carbonyl (C=O) groups excluding carboxylic acids is 2. The van der Waals surface area contributed by atoms with Gasteiger partial charge in [-0.1, -0.05) is 12.1 Å². The quantitative estimate of drug-likeness (QED) is 0.664. The van der Waals surface area contributed by atoms with E-state index in [4.69, 9.17) is 14.2 Å². The third-order valence-electron chi connectivity index (χ3n) is 5.74. The Kier molecular flexibility index (Phi) is 5.84. The van der Waals surface area contributed by atoms with Crippen molar-refractivity contribution in [2.75, 3.05) is 39.3 Å². The van der Waals surface area contributed by atoms with Crippen LogP contribution in [0.2, 0.25) is 0 Å². The van der Waals surface area contributed by atoms with E-state index in [0.29, 0.717) is 39.8 Å². The van der Waals surface area contributed by atoms with E-state index in [2.05, 4.69) is 0 Å². The second-order valence-corrected chi connectivity index (χ2v) is 7.48. The number of amides is 2. The fourth-order valence-electron chi connectivity index (χ4n) is 4.14. The van der Waals surface area contributed by atoms with E-state index in [1.54, 1.807) is 44.6 Å². The molecule has 162 valence electrons. The lowest BCUT2D eigenvalue weighted by Gasteiger charge is -2.29. The molecule has 2 amide bonds. The molecule has 7 heteroatoms. The zero-order chi connectivity index (χ0) is 22.0. The standard InChI is InChI=1S/C24H26N2O5/c1-29-17-9-7-16(8-10-17)21-22(25-13-5-4-6-14-25)24(28)26(23(21)27)19-15-18(30-2)11-12-20(19)31-3/h7-12,15H,4-6,13-14H2,1-3H3. The number of nitrogens with zero attached hydrogens (tertiary/aromatic N) is 2. The van der Waals surface area contributed by atoms with Crippen molar-refractivity contribution in [2.24, 2.45) is 0 Å². The summed E-state index contributed by atoms with van der Waals surface area (Å²) in [6, 6.07) is 12.3. The van der Waals surface area contributed by atoms with Gasteiger partial charge in [0, 0.05) is 19.2 Å². The smallest absolute Gasteiger partial charge is 0.282 e. The molecular formula is C24H26N2O5. The maximum Gasteiger partial charge on any atom is 0.282 e. The van der Waals surface area contributed by atoms with Gasteiger partial charge in [-0.25, -0.2) is 4.90 Å². The van der Waals surface area contributed by atoms with Crippen LogP contribution in [0.1, 0.15) is 24.8 Å². The summed E-state index contributed by atoms with van der Waals surface area (Å²) in [5.41, 5.74) is 1.90. The molecule has 31 heavy (non-hydrogen) atoms. The van der Waals surface area contributed by atoms with Gasteiger partial charge in [-0.15, -0.1) is 0 Å². The number of carbonyl (C=O) groups is 2. The largest absolute Gasteiger partial charge is 0.497 e. The minimum Gasteiger partial charge on any atom is -0.497 e. The zero-order valence-electron chi connectivity index (χ0n) is 18.0. The summed E-state index contributed by atoms with van der Waals surface area (Å²) in [6.45, 7) is 1.49. The monoisotopic (exact) mass is 422 g/mol. The van der Waals surface area contributed by atoms with Gasteiger partial charge in [0.15, 0.2) is 0 Å². The lowest BCUT2D eigenvalue weighted by Crippen LogP contribution is -2.37. The molecule has 0 bridgehead atoms. The maximum atomic E-state index is 13.7. The van der Waals surface area contributed by atoms with Crippen LogP contribution in [-0.4, -0.2) is 51.1 Å². The van der Waals surface area contributed by atoms with Gasteiger partial charge >= 0.3 is 0 Å². The summed E-state index contributed by atoms with van der Waals surface area (Å²) in [7, 11) is 4.65. The van der Waals surface area contributed by atoms with Gasteiger partial charge < -0.3 is 19.1 Å². The Morgan fingerprint density at radius 3 is 2.00 bits per heavy atom. The number of rotatable bonds is 6. The van der Waals surface area contributed by atoms with E-state index in [1.807, 2.05) is 17.0 Å². The summed E-state index contributed by atoms with van der Waals surface area (Å²) in [5.74, 6) is 0.934. The van der Waals surface area contributed by atoms with Gasteiger partial charge in [-0.3, -0.25) is 9.59 Å². The molecule has 2 heterocycles. The van der Waals surface area contributed by atoms with E-state index >= 15 is 0 Å². The van der Waals surface area contributed by atoms with Crippen LogP contribution in [0.15, 0.2) is 48.2 Å². The van der Waals surface area contributed by atoms with Crippen molar-refractivity contribution in [1.29, 1.82) is 0 Å². The zero-order valence-corrected chi connectivity index (χ0v) is 18.0. The van der Waals surface area contributed by atoms with Crippen molar-refractivity contribution in [3.8, 4) is 17.2 Å². The van der Waals surface area contributed by atoms with Gasteiger partial charge in [0.1, 0.15) is 22.9 Å². The van der Waals surface area contributed by atoms with Crippen LogP contribution in [0.5, 0.6) is 17.2 Å².